The van der Waals surface area contributed by atoms with E-state index >= 15 is 0 Å². The van der Waals surface area contributed by atoms with E-state index in [4.69, 9.17) is 5.73 Å². The van der Waals surface area contributed by atoms with Crippen LogP contribution in [0.15, 0.2) is 0 Å². The van der Waals surface area contributed by atoms with Gasteiger partial charge in [0.15, 0.2) is 0 Å². The SMILES string of the molecule is CCN(CC)CCN(CCC(F)(F)F)C(=O)C(C)C(C)N. The first-order valence-electron chi connectivity index (χ1n) is 7.45. The summed E-state index contributed by atoms with van der Waals surface area (Å²) in [5.74, 6) is -0.781. The van der Waals surface area contributed by atoms with E-state index in [9.17, 15) is 18.0 Å². The Morgan fingerprint density at radius 1 is 1.10 bits per heavy atom. The van der Waals surface area contributed by atoms with E-state index in [0.29, 0.717) is 13.1 Å². The van der Waals surface area contributed by atoms with Gasteiger partial charge in [0.05, 0.1) is 12.3 Å². The molecule has 0 heterocycles. The molecule has 0 saturated carbocycles. The highest BCUT2D eigenvalue weighted by atomic mass is 19.4. The molecule has 0 aliphatic rings. The van der Waals surface area contributed by atoms with Gasteiger partial charge in [-0.3, -0.25) is 4.79 Å². The number of likely N-dealkylation sites (N-methyl/N-ethyl adjacent to an activating group) is 1. The second kappa shape index (κ2) is 9.25. The molecule has 4 nitrogen and oxygen atoms in total. The molecule has 0 aromatic heterocycles. The Morgan fingerprint density at radius 3 is 2.00 bits per heavy atom. The van der Waals surface area contributed by atoms with E-state index < -0.39 is 18.5 Å². The van der Waals surface area contributed by atoms with Crippen molar-refractivity contribution in [1.82, 2.24) is 9.80 Å². The van der Waals surface area contributed by atoms with Gasteiger partial charge < -0.3 is 15.5 Å². The summed E-state index contributed by atoms with van der Waals surface area (Å²) in [6.07, 6.45) is -5.24. The van der Waals surface area contributed by atoms with Gasteiger partial charge in [0.1, 0.15) is 0 Å². The van der Waals surface area contributed by atoms with Gasteiger partial charge in [-0.15, -0.1) is 0 Å². The van der Waals surface area contributed by atoms with Gasteiger partial charge in [-0.1, -0.05) is 20.8 Å². The first kappa shape index (κ1) is 20.2. The minimum Gasteiger partial charge on any atom is -0.341 e. The Hall–Kier alpha value is -0.820. The first-order chi connectivity index (χ1) is 9.62. The summed E-state index contributed by atoms with van der Waals surface area (Å²) in [7, 11) is 0. The summed E-state index contributed by atoms with van der Waals surface area (Å²) < 4.78 is 37.2. The molecule has 0 spiro atoms. The molecule has 21 heavy (non-hydrogen) atoms. The zero-order valence-electron chi connectivity index (χ0n) is 13.4. The monoisotopic (exact) mass is 311 g/mol. The second-order valence-corrected chi connectivity index (χ2v) is 5.37. The predicted octanol–water partition coefficient (Wildman–Crippen LogP) is 2.09. The van der Waals surface area contributed by atoms with Crippen molar-refractivity contribution in [2.45, 2.75) is 46.3 Å². The molecule has 0 aliphatic heterocycles. The van der Waals surface area contributed by atoms with Crippen LogP contribution in [0.4, 0.5) is 13.2 Å². The summed E-state index contributed by atoms with van der Waals surface area (Å²) in [4.78, 5) is 15.6. The lowest BCUT2D eigenvalue weighted by atomic mass is 10.0. The molecule has 0 saturated heterocycles. The minimum absolute atomic E-state index is 0.299. The van der Waals surface area contributed by atoms with Crippen LogP contribution in [-0.4, -0.2) is 60.6 Å². The molecular formula is C14H28F3N3O. The largest absolute Gasteiger partial charge is 0.390 e. The number of carbonyl (C=O) groups excluding carboxylic acids is 1. The number of carbonyl (C=O) groups is 1. The topological polar surface area (TPSA) is 49.6 Å². The van der Waals surface area contributed by atoms with Crippen molar-refractivity contribution in [2.24, 2.45) is 11.7 Å². The quantitative estimate of drug-likeness (QED) is 0.709. The van der Waals surface area contributed by atoms with E-state index in [-0.39, 0.29) is 18.5 Å². The molecule has 2 unspecified atom stereocenters. The summed E-state index contributed by atoms with van der Waals surface area (Å²) in [6, 6.07) is -0.376. The smallest absolute Gasteiger partial charge is 0.341 e. The molecule has 0 aromatic carbocycles. The number of alkyl halides is 3. The van der Waals surface area contributed by atoms with Crippen molar-refractivity contribution < 1.29 is 18.0 Å². The molecule has 2 N–H and O–H groups in total. The third-order valence-electron chi connectivity index (χ3n) is 3.74. The van der Waals surface area contributed by atoms with Crippen molar-refractivity contribution in [3.8, 4) is 0 Å². The molecule has 0 fully saturated rings. The van der Waals surface area contributed by atoms with E-state index in [1.807, 2.05) is 13.8 Å². The van der Waals surface area contributed by atoms with Gasteiger partial charge in [-0.25, -0.2) is 0 Å². The third-order valence-corrected chi connectivity index (χ3v) is 3.74. The molecular weight excluding hydrogens is 283 g/mol. The summed E-state index contributed by atoms with van der Waals surface area (Å²) in [6.45, 7) is 9.49. The molecule has 2 atom stereocenters. The fourth-order valence-corrected chi connectivity index (χ4v) is 1.91. The molecule has 0 aliphatic carbocycles. The Labute approximate surface area is 125 Å². The lowest BCUT2D eigenvalue weighted by Crippen LogP contribution is -2.46. The van der Waals surface area contributed by atoms with Crippen LogP contribution in [0.3, 0.4) is 0 Å². The first-order valence-corrected chi connectivity index (χ1v) is 7.45. The summed E-state index contributed by atoms with van der Waals surface area (Å²) in [5, 5.41) is 0. The maximum Gasteiger partial charge on any atom is 0.390 e. The van der Waals surface area contributed by atoms with Gasteiger partial charge in [-0.05, 0) is 20.0 Å². The Morgan fingerprint density at radius 2 is 1.62 bits per heavy atom. The van der Waals surface area contributed by atoms with E-state index in [2.05, 4.69) is 4.90 Å². The Balaban J connectivity index is 4.71. The Kier molecular flexibility index (Phi) is 8.89. The highest BCUT2D eigenvalue weighted by molar-refractivity contribution is 5.79. The number of hydrogen-bond acceptors (Lipinski definition) is 3. The number of amides is 1. The van der Waals surface area contributed by atoms with Crippen LogP contribution >= 0.6 is 0 Å². The lowest BCUT2D eigenvalue weighted by molar-refractivity contribution is -0.147. The van der Waals surface area contributed by atoms with Crippen LogP contribution in [0.1, 0.15) is 34.1 Å². The van der Waals surface area contributed by atoms with E-state index in [1.165, 1.54) is 4.90 Å². The van der Waals surface area contributed by atoms with Crippen molar-refractivity contribution in [1.29, 1.82) is 0 Å². The van der Waals surface area contributed by atoms with Crippen LogP contribution in [0.25, 0.3) is 0 Å². The highest BCUT2D eigenvalue weighted by Gasteiger charge is 2.30. The van der Waals surface area contributed by atoms with Crippen LogP contribution in [0.5, 0.6) is 0 Å². The predicted molar refractivity (Wildman–Crippen MR) is 77.9 cm³/mol. The highest BCUT2D eigenvalue weighted by Crippen LogP contribution is 2.20. The number of hydrogen-bond donors (Lipinski definition) is 1. The Bertz CT molecular complexity index is 304. The molecule has 0 radical (unpaired) electrons. The maximum absolute atomic E-state index is 12.4. The summed E-state index contributed by atoms with van der Waals surface area (Å²) in [5.41, 5.74) is 5.68. The van der Waals surface area contributed by atoms with Gasteiger partial charge >= 0.3 is 6.18 Å². The number of rotatable bonds is 9. The fraction of sp³-hybridized carbons (Fsp3) is 0.929. The van der Waals surface area contributed by atoms with Gasteiger partial charge in [0, 0.05) is 25.7 Å². The molecule has 0 bridgehead atoms. The number of nitrogens with two attached hydrogens (primary N) is 1. The molecule has 126 valence electrons. The maximum atomic E-state index is 12.4. The van der Waals surface area contributed by atoms with Crippen LogP contribution in [-0.2, 0) is 4.79 Å². The van der Waals surface area contributed by atoms with Crippen molar-refractivity contribution in [2.75, 3.05) is 32.7 Å². The van der Waals surface area contributed by atoms with Gasteiger partial charge in [0.25, 0.3) is 0 Å². The van der Waals surface area contributed by atoms with Gasteiger partial charge in [-0.2, -0.15) is 13.2 Å². The molecule has 0 rings (SSSR count). The van der Waals surface area contributed by atoms with Crippen LogP contribution in [0.2, 0.25) is 0 Å². The zero-order chi connectivity index (χ0) is 16.6. The minimum atomic E-state index is -4.26. The third kappa shape index (κ3) is 8.26. The average Bonchev–Trinajstić information content (AvgIpc) is 2.40. The fourth-order valence-electron chi connectivity index (χ4n) is 1.91. The molecule has 0 aromatic rings. The van der Waals surface area contributed by atoms with Crippen LogP contribution < -0.4 is 5.73 Å². The average molecular weight is 311 g/mol. The van der Waals surface area contributed by atoms with Crippen molar-refractivity contribution in [3.05, 3.63) is 0 Å². The molecule has 1 amide bonds. The number of halogens is 3. The number of nitrogens with zero attached hydrogens (tertiary/aromatic N) is 2. The van der Waals surface area contributed by atoms with E-state index in [0.717, 1.165) is 13.1 Å². The normalized spacial score (nSPS) is 15.1. The molecule has 7 heteroatoms. The summed E-state index contributed by atoms with van der Waals surface area (Å²) >= 11 is 0. The van der Waals surface area contributed by atoms with Crippen LogP contribution in [0, 0.1) is 5.92 Å². The van der Waals surface area contributed by atoms with Crippen molar-refractivity contribution in [3.63, 3.8) is 0 Å². The van der Waals surface area contributed by atoms with E-state index in [1.54, 1.807) is 13.8 Å². The zero-order valence-corrected chi connectivity index (χ0v) is 13.4. The van der Waals surface area contributed by atoms with Gasteiger partial charge in [0.2, 0.25) is 5.91 Å². The lowest BCUT2D eigenvalue weighted by Gasteiger charge is -2.30. The standard InChI is InChI=1S/C14H28F3N3O/c1-5-19(6-2)9-10-20(8-7-14(15,16)17)13(21)11(3)12(4)18/h11-12H,5-10,18H2,1-4H3. The second-order valence-electron chi connectivity index (χ2n) is 5.37. The van der Waals surface area contributed by atoms with Crippen molar-refractivity contribution >= 4 is 5.91 Å².